The smallest absolute Gasteiger partial charge is 0.293 e. The van der Waals surface area contributed by atoms with Gasteiger partial charge in [0.05, 0.1) is 11.4 Å². The van der Waals surface area contributed by atoms with Crippen LogP contribution in [0.3, 0.4) is 0 Å². The van der Waals surface area contributed by atoms with E-state index in [0.717, 1.165) is 40.0 Å². The minimum atomic E-state index is -0.274. The van der Waals surface area contributed by atoms with Gasteiger partial charge in [0.1, 0.15) is 0 Å². The van der Waals surface area contributed by atoms with Crippen LogP contribution in [0.2, 0.25) is 5.02 Å². The number of amides is 2. The number of nitrogens with zero attached hydrogens (tertiary/aromatic N) is 3. The van der Waals surface area contributed by atoms with E-state index < -0.39 is 0 Å². The van der Waals surface area contributed by atoms with Crippen LogP contribution >= 0.6 is 23.4 Å². The van der Waals surface area contributed by atoms with Gasteiger partial charge in [0.25, 0.3) is 11.1 Å². The molecule has 5 nitrogen and oxygen atoms in total. The van der Waals surface area contributed by atoms with Crippen LogP contribution in [-0.4, -0.2) is 25.6 Å². The summed E-state index contributed by atoms with van der Waals surface area (Å²) in [6.07, 6.45) is 5.29. The highest BCUT2D eigenvalue weighted by atomic mass is 35.5. The third-order valence-corrected chi connectivity index (χ3v) is 5.96. The molecule has 7 heteroatoms. The van der Waals surface area contributed by atoms with Gasteiger partial charge in [-0.15, -0.1) is 0 Å². The largest absolute Gasteiger partial charge is 0.318 e. The van der Waals surface area contributed by atoms with Crippen molar-refractivity contribution in [2.24, 2.45) is 0 Å². The zero-order chi connectivity index (χ0) is 20.5. The maximum Gasteiger partial charge on any atom is 0.293 e. The zero-order valence-corrected chi connectivity index (χ0v) is 17.5. The minimum absolute atomic E-state index is 0.231. The van der Waals surface area contributed by atoms with Crippen molar-refractivity contribution in [2.45, 2.75) is 20.4 Å². The first-order chi connectivity index (χ1) is 13.9. The number of rotatable bonds is 4. The minimum Gasteiger partial charge on any atom is -0.318 e. The molecule has 3 aromatic rings. The van der Waals surface area contributed by atoms with Crippen LogP contribution in [0.5, 0.6) is 0 Å². The number of benzene rings is 1. The van der Waals surface area contributed by atoms with Gasteiger partial charge in [0.15, 0.2) is 0 Å². The molecule has 0 unspecified atom stereocenters. The Labute approximate surface area is 178 Å². The molecule has 0 saturated carbocycles. The number of aryl methyl sites for hydroxylation is 1. The molecule has 0 aliphatic carbocycles. The van der Waals surface area contributed by atoms with E-state index in [1.54, 1.807) is 30.6 Å². The Morgan fingerprint density at radius 1 is 1.07 bits per heavy atom. The van der Waals surface area contributed by atoms with Crippen molar-refractivity contribution in [2.75, 3.05) is 0 Å². The Kier molecular flexibility index (Phi) is 5.30. The first-order valence-corrected chi connectivity index (χ1v) is 10.2. The number of imide groups is 1. The van der Waals surface area contributed by atoms with Crippen molar-refractivity contribution < 1.29 is 9.59 Å². The quantitative estimate of drug-likeness (QED) is 0.528. The molecule has 0 spiro atoms. The van der Waals surface area contributed by atoms with Crippen molar-refractivity contribution >= 4 is 40.6 Å². The molecule has 146 valence electrons. The molecular formula is C22H18ClN3O2S. The lowest BCUT2D eigenvalue weighted by Crippen LogP contribution is -2.27. The lowest BCUT2D eigenvalue weighted by atomic mass is 10.2. The Bertz CT molecular complexity index is 1120. The predicted octanol–water partition coefficient (Wildman–Crippen LogP) is 5.38. The molecule has 2 aromatic heterocycles. The fourth-order valence-electron chi connectivity index (χ4n) is 3.37. The van der Waals surface area contributed by atoms with Crippen molar-refractivity contribution in [1.82, 2.24) is 14.5 Å². The van der Waals surface area contributed by atoms with E-state index in [1.807, 2.05) is 44.2 Å². The lowest BCUT2D eigenvalue weighted by Gasteiger charge is -2.12. The molecule has 0 atom stereocenters. The second-order valence-corrected chi connectivity index (χ2v) is 8.19. The first kappa shape index (κ1) is 19.5. The maximum absolute atomic E-state index is 12.8. The number of halogens is 1. The summed E-state index contributed by atoms with van der Waals surface area (Å²) >= 11 is 6.88. The molecule has 1 aromatic carbocycles. The SMILES string of the molecule is Cc1cc(/C=C2/SC(=O)N(Cc3ccc(Cl)cc3)C2=O)c(C)n1-c1ccncc1. The average molecular weight is 424 g/mol. The van der Waals surface area contributed by atoms with Crippen LogP contribution in [0, 0.1) is 13.8 Å². The second kappa shape index (κ2) is 7.89. The molecule has 0 N–H and O–H groups in total. The van der Waals surface area contributed by atoms with E-state index in [0.29, 0.717) is 9.93 Å². The summed E-state index contributed by atoms with van der Waals surface area (Å²) in [7, 11) is 0. The Balaban J connectivity index is 1.62. The predicted molar refractivity (Wildman–Crippen MR) is 116 cm³/mol. The van der Waals surface area contributed by atoms with Gasteiger partial charge < -0.3 is 4.57 Å². The van der Waals surface area contributed by atoms with E-state index in [-0.39, 0.29) is 17.7 Å². The number of aromatic nitrogens is 2. The maximum atomic E-state index is 12.8. The molecule has 1 aliphatic rings. The van der Waals surface area contributed by atoms with Gasteiger partial charge >= 0.3 is 0 Å². The Hall–Kier alpha value is -2.83. The van der Waals surface area contributed by atoms with Crippen molar-refractivity contribution in [3.05, 3.63) is 87.3 Å². The van der Waals surface area contributed by atoms with Gasteiger partial charge in [-0.25, -0.2) is 0 Å². The molecular weight excluding hydrogens is 406 g/mol. The third kappa shape index (κ3) is 3.86. The lowest BCUT2D eigenvalue weighted by molar-refractivity contribution is -0.123. The number of carbonyl (C=O) groups is 2. The van der Waals surface area contributed by atoms with Gasteiger partial charge in [-0.05, 0) is 73.1 Å². The number of thioether (sulfide) groups is 1. The summed E-state index contributed by atoms with van der Waals surface area (Å²) in [5.74, 6) is -0.274. The summed E-state index contributed by atoms with van der Waals surface area (Å²) in [6.45, 7) is 4.24. The van der Waals surface area contributed by atoms with E-state index >= 15 is 0 Å². The van der Waals surface area contributed by atoms with Gasteiger partial charge in [0, 0.05) is 34.5 Å². The van der Waals surface area contributed by atoms with Gasteiger partial charge in [-0.2, -0.15) is 0 Å². The van der Waals surface area contributed by atoms with Crippen LogP contribution in [0.1, 0.15) is 22.5 Å². The van der Waals surface area contributed by atoms with Gasteiger partial charge in [-0.1, -0.05) is 23.7 Å². The van der Waals surface area contributed by atoms with Gasteiger partial charge in [-0.3, -0.25) is 19.5 Å². The summed E-state index contributed by atoms with van der Waals surface area (Å²) in [4.78, 5) is 31.0. The van der Waals surface area contributed by atoms with Crippen molar-refractivity contribution in [3.63, 3.8) is 0 Å². The highest BCUT2D eigenvalue weighted by Crippen LogP contribution is 2.34. The van der Waals surface area contributed by atoms with E-state index in [2.05, 4.69) is 9.55 Å². The standard InChI is InChI=1S/C22H18ClN3O2S/c1-14-11-17(15(2)26(14)19-7-9-24-10-8-19)12-20-21(27)25(22(28)29-20)13-16-3-5-18(23)6-4-16/h3-12H,13H2,1-2H3/b20-12+. The monoisotopic (exact) mass is 423 g/mol. The number of hydrogen-bond acceptors (Lipinski definition) is 4. The topological polar surface area (TPSA) is 55.2 Å². The van der Waals surface area contributed by atoms with Crippen molar-refractivity contribution in [1.29, 1.82) is 0 Å². The fraction of sp³-hybridized carbons (Fsp3) is 0.136. The molecule has 4 rings (SSSR count). The van der Waals surface area contributed by atoms with Crippen LogP contribution in [0.15, 0.2) is 59.8 Å². The van der Waals surface area contributed by atoms with E-state index in [1.165, 1.54) is 4.90 Å². The van der Waals surface area contributed by atoms with E-state index in [4.69, 9.17) is 11.6 Å². The van der Waals surface area contributed by atoms with Crippen LogP contribution in [0.25, 0.3) is 11.8 Å². The molecule has 3 heterocycles. The summed E-state index contributed by atoms with van der Waals surface area (Å²) in [5, 5.41) is 0.353. The van der Waals surface area contributed by atoms with Crippen LogP contribution < -0.4 is 0 Å². The second-order valence-electron chi connectivity index (χ2n) is 6.76. The average Bonchev–Trinajstić information content (AvgIpc) is 3.14. The summed E-state index contributed by atoms with van der Waals surface area (Å²) in [6, 6.07) is 13.0. The molecule has 29 heavy (non-hydrogen) atoms. The zero-order valence-electron chi connectivity index (χ0n) is 15.9. The Morgan fingerprint density at radius 3 is 2.45 bits per heavy atom. The molecule has 1 aliphatic heterocycles. The first-order valence-electron chi connectivity index (χ1n) is 9.03. The number of hydrogen-bond donors (Lipinski definition) is 0. The fourth-order valence-corrected chi connectivity index (χ4v) is 4.33. The Morgan fingerprint density at radius 2 is 1.76 bits per heavy atom. The van der Waals surface area contributed by atoms with E-state index in [9.17, 15) is 9.59 Å². The molecule has 2 amide bonds. The molecule has 1 fully saturated rings. The number of pyridine rings is 1. The molecule has 1 saturated heterocycles. The van der Waals surface area contributed by atoms with Crippen LogP contribution in [0.4, 0.5) is 4.79 Å². The molecule has 0 radical (unpaired) electrons. The van der Waals surface area contributed by atoms with Crippen molar-refractivity contribution in [3.8, 4) is 5.69 Å². The highest BCUT2D eigenvalue weighted by molar-refractivity contribution is 8.18. The third-order valence-electron chi connectivity index (χ3n) is 4.81. The van der Waals surface area contributed by atoms with Gasteiger partial charge in [0.2, 0.25) is 0 Å². The van der Waals surface area contributed by atoms with Crippen LogP contribution in [-0.2, 0) is 11.3 Å². The molecule has 0 bridgehead atoms. The highest BCUT2D eigenvalue weighted by Gasteiger charge is 2.35. The number of carbonyl (C=O) groups excluding carboxylic acids is 2. The summed E-state index contributed by atoms with van der Waals surface area (Å²) in [5.41, 5.74) is 4.81. The summed E-state index contributed by atoms with van der Waals surface area (Å²) < 4.78 is 2.10. The normalized spacial score (nSPS) is 15.6.